The lowest BCUT2D eigenvalue weighted by Gasteiger charge is -2.38. The molecule has 5 nitrogen and oxygen atoms in total. The average Bonchev–Trinajstić information content (AvgIpc) is 3.01. The number of aliphatic hydroxyl groups is 1. The Labute approximate surface area is 148 Å². The maximum atomic E-state index is 12.6. The third-order valence-electron chi connectivity index (χ3n) is 5.16. The molecule has 0 radical (unpaired) electrons. The van der Waals surface area contributed by atoms with Crippen LogP contribution in [0.25, 0.3) is 0 Å². The van der Waals surface area contributed by atoms with Crippen molar-refractivity contribution in [2.75, 3.05) is 6.54 Å². The molecule has 25 heavy (non-hydrogen) atoms. The van der Waals surface area contributed by atoms with E-state index >= 15 is 0 Å². The van der Waals surface area contributed by atoms with Crippen LogP contribution in [0.4, 0.5) is 4.79 Å². The predicted octanol–water partition coefficient (Wildman–Crippen LogP) is 3.11. The van der Waals surface area contributed by atoms with Gasteiger partial charge in [-0.3, -0.25) is 4.90 Å². The van der Waals surface area contributed by atoms with E-state index in [0.29, 0.717) is 13.0 Å². The molecule has 5 atom stereocenters. The van der Waals surface area contributed by atoms with Crippen LogP contribution < -0.4 is 0 Å². The molecule has 1 unspecified atom stereocenters. The Kier molecular flexibility index (Phi) is 5.25. The van der Waals surface area contributed by atoms with Gasteiger partial charge in [-0.15, -0.1) is 6.58 Å². The molecule has 0 bridgehead atoms. The molecule has 1 aromatic rings. The molecule has 0 spiro atoms. The van der Waals surface area contributed by atoms with Gasteiger partial charge in [-0.2, -0.15) is 0 Å². The minimum Gasteiger partial charge on any atom is -0.445 e. The third kappa shape index (κ3) is 3.62. The van der Waals surface area contributed by atoms with Crippen molar-refractivity contribution in [1.82, 2.24) is 4.90 Å². The molecule has 0 aliphatic carbocycles. The van der Waals surface area contributed by atoms with Gasteiger partial charge in [-0.25, -0.2) is 4.79 Å². The third-order valence-corrected chi connectivity index (χ3v) is 5.16. The lowest BCUT2D eigenvalue weighted by Crippen LogP contribution is -2.51. The Bertz CT molecular complexity index is 644. The van der Waals surface area contributed by atoms with Crippen LogP contribution in [-0.2, 0) is 16.1 Å². The van der Waals surface area contributed by atoms with Crippen molar-refractivity contribution in [1.29, 1.82) is 0 Å². The van der Waals surface area contributed by atoms with Crippen molar-refractivity contribution in [2.24, 2.45) is 11.8 Å². The summed E-state index contributed by atoms with van der Waals surface area (Å²) in [5.41, 5.74) is 1.93. The number of aliphatic hydroxyl groups excluding tert-OH is 1. The zero-order valence-corrected chi connectivity index (χ0v) is 14.5. The summed E-state index contributed by atoms with van der Waals surface area (Å²) in [4.78, 5) is 14.2. The summed E-state index contributed by atoms with van der Waals surface area (Å²) >= 11 is 0. The first-order chi connectivity index (χ1) is 12.0. The first-order valence-corrected chi connectivity index (χ1v) is 8.60. The van der Waals surface area contributed by atoms with Crippen molar-refractivity contribution < 1.29 is 19.4 Å². The van der Waals surface area contributed by atoms with Crippen molar-refractivity contribution in [3.63, 3.8) is 0 Å². The summed E-state index contributed by atoms with van der Waals surface area (Å²) in [6, 6.07) is 9.12. The highest BCUT2D eigenvalue weighted by Gasteiger charge is 2.51. The van der Waals surface area contributed by atoms with E-state index in [2.05, 4.69) is 13.2 Å². The van der Waals surface area contributed by atoms with Gasteiger partial charge in [0.25, 0.3) is 0 Å². The summed E-state index contributed by atoms with van der Waals surface area (Å²) < 4.78 is 11.0. The van der Waals surface area contributed by atoms with Crippen LogP contribution in [0.5, 0.6) is 0 Å². The number of ether oxygens (including phenoxy) is 2. The fourth-order valence-electron chi connectivity index (χ4n) is 3.86. The maximum absolute atomic E-state index is 12.6. The highest BCUT2D eigenvalue weighted by Crippen LogP contribution is 2.42. The van der Waals surface area contributed by atoms with Gasteiger partial charge < -0.3 is 14.6 Å². The van der Waals surface area contributed by atoms with E-state index in [9.17, 15) is 9.90 Å². The van der Waals surface area contributed by atoms with Gasteiger partial charge in [0.2, 0.25) is 0 Å². The number of carbonyl (C=O) groups excluding carboxylic acids is 1. The minimum atomic E-state index is -1.05. The number of likely N-dealkylation sites (tertiary alicyclic amines) is 1. The van der Waals surface area contributed by atoms with Gasteiger partial charge in [0, 0.05) is 12.5 Å². The molecule has 1 amide bonds. The van der Waals surface area contributed by atoms with Crippen molar-refractivity contribution in [3.8, 4) is 0 Å². The molecule has 3 rings (SSSR count). The molecule has 2 fully saturated rings. The van der Waals surface area contributed by atoms with Crippen LogP contribution in [0.3, 0.4) is 0 Å². The Morgan fingerprint density at radius 1 is 1.44 bits per heavy atom. The van der Waals surface area contributed by atoms with Gasteiger partial charge in [-0.1, -0.05) is 48.6 Å². The fourth-order valence-corrected chi connectivity index (χ4v) is 3.86. The van der Waals surface area contributed by atoms with E-state index in [1.54, 1.807) is 11.0 Å². The fraction of sp³-hybridized carbons (Fsp3) is 0.450. The van der Waals surface area contributed by atoms with E-state index in [0.717, 1.165) is 11.1 Å². The predicted molar refractivity (Wildman–Crippen MR) is 94.6 cm³/mol. The molecule has 2 aliphatic rings. The first kappa shape index (κ1) is 17.7. The van der Waals surface area contributed by atoms with E-state index in [1.165, 1.54) is 0 Å². The smallest absolute Gasteiger partial charge is 0.410 e. The zero-order valence-electron chi connectivity index (χ0n) is 14.5. The molecule has 5 heteroatoms. The minimum absolute atomic E-state index is 0.0912. The number of benzene rings is 1. The van der Waals surface area contributed by atoms with Crippen molar-refractivity contribution >= 4 is 6.09 Å². The highest BCUT2D eigenvalue weighted by atomic mass is 16.6. The summed E-state index contributed by atoms with van der Waals surface area (Å²) in [7, 11) is 0. The molecule has 0 saturated carbocycles. The maximum Gasteiger partial charge on any atom is 0.410 e. The summed E-state index contributed by atoms with van der Waals surface area (Å²) in [6.07, 6.45) is 0.729. The van der Waals surface area contributed by atoms with Gasteiger partial charge in [0.05, 0.1) is 12.1 Å². The lowest BCUT2D eigenvalue weighted by atomic mass is 9.80. The Morgan fingerprint density at radius 2 is 2.16 bits per heavy atom. The van der Waals surface area contributed by atoms with Gasteiger partial charge in [0.1, 0.15) is 6.61 Å². The van der Waals surface area contributed by atoms with Crippen LogP contribution in [0, 0.1) is 11.8 Å². The van der Waals surface area contributed by atoms with Crippen molar-refractivity contribution in [2.45, 2.75) is 38.4 Å². The molecule has 2 aliphatic heterocycles. The normalized spacial score (nSPS) is 31.3. The molecule has 2 saturated heterocycles. The first-order valence-electron chi connectivity index (χ1n) is 8.60. The van der Waals surface area contributed by atoms with Crippen LogP contribution in [0.1, 0.15) is 18.9 Å². The number of hydrogen-bond acceptors (Lipinski definition) is 4. The highest BCUT2D eigenvalue weighted by molar-refractivity contribution is 5.69. The second kappa shape index (κ2) is 7.42. The van der Waals surface area contributed by atoms with E-state index in [1.807, 2.05) is 37.3 Å². The Balaban J connectivity index is 1.73. The number of carbonyl (C=O) groups is 1. The largest absolute Gasteiger partial charge is 0.445 e. The number of nitrogens with zero attached hydrogens (tertiary/aromatic N) is 1. The Morgan fingerprint density at radius 3 is 2.80 bits per heavy atom. The van der Waals surface area contributed by atoms with Gasteiger partial charge in [0.15, 0.2) is 6.29 Å². The summed E-state index contributed by atoms with van der Waals surface area (Å²) in [5.74, 6) is 0.212. The second-order valence-electron chi connectivity index (χ2n) is 6.84. The molecule has 2 heterocycles. The van der Waals surface area contributed by atoms with E-state index < -0.39 is 18.4 Å². The summed E-state index contributed by atoms with van der Waals surface area (Å²) in [5, 5.41) is 10.4. The summed E-state index contributed by atoms with van der Waals surface area (Å²) in [6.45, 7) is 10.5. The molecule has 0 aromatic heterocycles. The molecule has 134 valence electrons. The van der Waals surface area contributed by atoms with Crippen LogP contribution in [0.15, 0.2) is 55.1 Å². The quantitative estimate of drug-likeness (QED) is 0.854. The number of fused-ring (bicyclic) bond motifs is 1. The van der Waals surface area contributed by atoms with Gasteiger partial charge >= 0.3 is 6.09 Å². The average molecular weight is 343 g/mol. The van der Waals surface area contributed by atoms with E-state index in [-0.39, 0.29) is 24.5 Å². The standard InChI is InChI=1S/C20H25NO4/c1-4-15-10-16-17(13(2)3)11-21(18(16)19(22)25-15)20(23)24-12-14-8-6-5-7-9-14/h4-9,15-19,22H,1-2,10-12H2,3H3/t15-,16+,17-,18-,19?/m1/s1. The zero-order chi connectivity index (χ0) is 18.0. The van der Waals surface area contributed by atoms with Crippen LogP contribution in [0.2, 0.25) is 0 Å². The number of amides is 1. The molecular weight excluding hydrogens is 318 g/mol. The molecular formula is C20H25NO4. The SMILES string of the molecule is C=C[C@@H]1C[C@H]2[C@@H](C(=C)C)CN(C(=O)OCc3ccccc3)[C@H]2C(O)O1. The lowest BCUT2D eigenvalue weighted by molar-refractivity contribution is -0.190. The van der Waals surface area contributed by atoms with Crippen LogP contribution >= 0.6 is 0 Å². The van der Waals surface area contributed by atoms with Crippen molar-refractivity contribution in [3.05, 3.63) is 60.7 Å². The van der Waals surface area contributed by atoms with E-state index in [4.69, 9.17) is 9.47 Å². The number of hydrogen-bond donors (Lipinski definition) is 1. The Hall–Kier alpha value is -2.11. The topological polar surface area (TPSA) is 59.0 Å². The monoisotopic (exact) mass is 343 g/mol. The second-order valence-corrected chi connectivity index (χ2v) is 6.84. The molecule has 1 N–H and O–H groups in total. The molecule has 1 aromatic carbocycles. The van der Waals surface area contributed by atoms with Crippen LogP contribution in [-0.4, -0.2) is 41.1 Å². The van der Waals surface area contributed by atoms with Gasteiger partial charge in [-0.05, 0) is 24.8 Å². The number of rotatable bonds is 4.